The van der Waals surface area contributed by atoms with Crippen LogP contribution in [0.25, 0.3) is 22.2 Å². The highest BCUT2D eigenvalue weighted by Crippen LogP contribution is 2.33. The van der Waals surface area contributed by atoms with Gasteiger partial charge in [0.1, 0.15) is 18.2 Å². The summed E-state index contributed by atoms with van der Waals surface area (Å²) >= 11 is 0. The van der Waals surface area contributed by atoms with Gasteiger partial charge in [0.2, 0.25) is 5.95 Å². The summed E-state index contributed by atoms with van der Waals surface area (Å²) in [6, 6.07) is 12.7. The zero-order valence-electron chi connectivity index (χ0n) is 17.4. The molecule has 2 aromatic heterocycles. The van der Waals surface area contributed by atoms with Gasteiger partial charge in [0.05, 0.1) is 36.9 Å². The smallest absolute Gasteiger partial charge is 0.225 e. The molecule has 162 valence electrons. The fourth-order valence-electron chi connectivity index (χ4n) is 4.46. The van der Waals surface area contributed by atoms with E-state index in [1.165, 1.54) is 6.07 Å². The molecule has 0 unspecified atom stereocenters. The van der Waals surface area contributed by atoms with Gasteiger partial charge in [-0.1, -0.05) is 18.2 Å². The molecular formula is C24H22FN5O2. The predicted molar refractivity (Wildman–Crippen MR) is 118 cm³/mol. The van der Waals surface area contributed by atoms with E-state index in [-0.39, 0.29) is 11.9 Å². The summed E-state index contributed by atoms with van der Waals surface area (Å²) in [7, 11) is 0. The third-order valence-corrected chi connectivity index (χ3v) is 6.08. The Bertz CT molecular complexity index is 1270. The molecule has 1 saturated heterocycles. The first-order chi connectivity index (χ1) is 15.8. The number of hydrogen-bond donors (Lipinski definition) is 0. The molecule has 4 aromatic rings. The van der Waals surface area contributed by atoms with Crippen LogP contribution in [-0.4, -0.2) is 52.4 Å². The molecule has 0 aliphatic carbocycles. The number of nitrogens with zero attached hydrogens (tertiary/aromatic N) is 5. The van der Waals surface area contributed by atoms with E-state index < -0.39 is 0 Å². The topological polar surface area (TPSA) is 65.3 Å². The number of halogens is 1. The number of morpholine rings is 1. The van der Waals surface area contributed by atoms with Crippen LogP contribution >= 0.6 is 0 Å². The highest BCUT2D eigenvalue weighted by atomic mass is 19.1. The Morgan fingerprint density at radius 1 is 0.938 bits per heavy atom. The Morgan fingerprint density at radius 3 is 2.59 bits per heavy atom. The maximum Gasteiger partial charge on any atom is 0.225 e. The second-order valence-corrected chi connectivity index (χ2v) is 8.06. The Labute approximate surface area is 184 Å². The summed E-state index contributed by atoms with van der Waals surface area (Å²) in [4.78, 5) is 16.1. The van der Waals surface area contributed by atoms with Gasteiger partial charge in [0, 0.05) is 31.0 Å². The van der Waals surface area contributed by atoms with Crippen molar-refractivity contribution in [3.8, 4) is 11.1 Å². The molecule has 0 N–H and O–H groups in total. The minimum Gasteiger partial charge on any atom is -0.378 e. The van der Waals surface area contributed by atoms with Crippen LogP contribution in [0.1, 0.15) is 17.4 Å². The first-order valence-corrected chi connectivity index (χ1v) is 10.8. The highest BCUT2D eigenvalue weighted by Gasteiger charge is 2.26. The second kappa shape index (κ2) is 7.96. The molecule has 0 amide bonds. The van der Waals surface area contributed by atoms with E-state index in [0.29, 0.717) is 26.4 Å². The Hall–Kier alpha value is -3.36. The molecule has 1 fully saturated rings. The first-order valence-electron chi connectivity index (χ1n) is 10.8. The minimum absolute atomic E-state index is 0.130. The third kappa shape index (κ3) is 3.41. The van der Waals surface area contributed by atoms with Crippen molar-refractivity contribution in [1.29, 1.82) is 0 Å². The number of imidazole rings is 1. The molecule has 32 heavy (non-hydrogen) atoms. The van der Waals surface area contributed by atoms with Crippen molar-refractivity contribution >= 4 is 17.0 Å². The van der Waals surface area contributed by atoms with Gasteiger partial charge in [-0.25, -0.2) is 19.3 Å². The molecule has 1 atom stereocenters. The van der Waals surface area contributed by atoms with Crippen molar-refractivity contribution in [3.05, 3.63) is 72.1 Å². The SMILES string of the molecule is Fc1cccc([C@H]2COCc3nc4ccc(-c5cnc(N6CCOCC6)nc5)cc4n32)c1. The summed E-state index contributed by atoms with van der Waals surface area (Å²) in [5, 5.41) is 0. The van der Waals surface area contributed by atoms with E-state index in [9.17, 15) is 4.39 Å². The molecule has 2 aromatic carbocycles. The number of anilines is 1. The summed E-state index contributed by atoms with van der Waals surface area (Å²) < 4.78 is 27.3. The van der Waals surface area contributed by atoms with Gasteiger partial charge >= 0.3 is 0 Å². The lowest BCUT2D eigenvalue weighted by Crippen LogP contribution is -2.37. The van der Waals surface area contributed by atoms with Gasteiger partial charge in [-0.3, -0.25) is 0 Å². The van der Waals surface area contributed by atoms with Crippen LogP contribution in [0.2, 0.25) is 0 Å². The van der Waals surface area contributed by atoms with E-state index in [1.807, 2.05) is 30.6 Å². The van der Waals surface area contributed by atoms with Crippen LogP contribution in [0.3, 0.4) is 0 Å². The van der Waals surface area contributed by atoms with Crippen LogP contribution in [0.4, 0.5) is 10.3 Å². The number of rotatable bonds is 3. The summed E-state index contributed by atoms with van der Waals surface area (Å²) in [5.74, 6) is 1.32. The van der Waals surface area contributed by atoms with Crippen molar-refractivity contribution < 1.29 is 13.9 Å². The van der Waals surface area contributed by atoms with Gasteiger partial charge in [0.25, 0.3) is 0 Å². The Kier molecular flexibility index (Phi) is 4.81. The third-order valence-electron chi connectivity index (χ3n) is 6.08. The van der Waals surface area contributed by atoms with Gasteiger partial charge < -0.3 is 18.9 Å². The van der Waals surface area contributed by atoms with Crippen LogP contribution in [-0.2, 0) is 16.1 Å². The fourth-order valence-corrected chi connectivity index (χ4v) is 4.46. The molecular weight excluding hydrogens is 409 g/mol. The predicted octanol–water partition coefficient (Wildman–Crippen LogP) is 3.59. The average Bonchev–Trinajstić information content (AvgIpc) is 3.23. The maximum absolute atomic E-state index is 13.9. The highest BCUT2D eigenvalue weighted by molar-refractivity contribution is 5.83. The summed E-state index contributed by atoms with van der Waals surface area (Å²) in [6.45, 7) is 3.92. The van der Waals surface area contributed by atoms with Crippen molar-refractivity contribution in [2.24, 2.45) is 0 Å². The number of benzene rings is 2. The zero-order chi connectivity index (χ0) is 21.5. The minimum atomic E-state index is -0.253. The van der Waals surface area contributed by atoms with Crippen molar-refractivity contribution in [2.75, 3.05) is 37.8 Å². The van der Waals surface area contributed by atoms with E-state index >= 15 is 0 Å². The standard InChI is InChI=1S/C24H22FN5O2/c25-19-3-1-2-17(10-19)22-14-32-15-23-28-20-5-4-16(11-21(20)30(22)23)18-12-26-24(27-13-18)29-6-8-31-9-7-29/h1-5,10-13,22H,6-9,14-15H2/t22-/m1/s1. The normalized spacial score (nSPS) is 18.7. The molecule has 6 rings (SSSR count). The van der Waals surface area contributed by atoms with Crippen molar-refractivity contribution in [3.63, 3.8) is 0 Å². The molecule has 2 aliphatic rings. The van der Waals surface area contributed by atoms with Crippen LogP contribution < -0.4 is 4.90 Å². The lowest BCUT2D eigenvalue weighted by molar-refractivity contribution is 0.0679. The first kappa shape index (κ1) is 19.3. The quantitative estimate of drug-likeness (QED) is 0.494. The van der Waals surface area contributed by atoms with E-state index in [1.54, 1.807) is 12.1 Å². The van der Waals surface area contributed by atoms with E-state index in [4.69, 9.17) is 14.5 Å². The van der Waals surface area contributed by atoms with Crippen LogP contribution in [0.15, 0.2) is 54.9 Å². The lowest BCUT2D eigenvalue weighted by atomic mass is 10.0. The largest absolute Gasteiger partial charge is 0.378 e. The van der Waals surface area contributed by atoms with Gasteiger partial charge in [-0.15, -0.1) is 0 Å². The maximum atomic E-state index is 13.9. The summed E-state index contributed by atoms with van der Waals surface area (Å²) in [6.07, 6.45) is 3.72. The van der Waals surface area contributed by atoms with Gasteiger partial charge in [-0.2, -0.15) is 0 Å². The second-order valence-electron chi connectivity index (χ2n) is 8.06. The van der Waals surface area contributed by atoms with E-state index in [2.05, 4.69) is 25.5 Å². The van der Waals surface area contributed by atoms with Crippen molar-refractivity contribution in [1.82, 2.24) is 19.5 Å². The number of ether oxygens (including phenoxy) is 2. The molecule has 0 spiro atoms. The molecule has 7 nitrogen and oxygen atoms in total. The molecule has 2 aliphatic heterocycles. The number of fused-ring (bicyclic) bond motifs is 3. The number of aromatic nitrogens is 4. The number of hydrogen-bond acceptors (Lipinski definition) is 6. The van der Waals surface area contributed by atoms with Crippen molar-refractivity contribution in [2.45, 2.75) is 12.6 Å². The van der Waals surface area contributed by atoms with E-state index in [0.717, 1.165) is 52.6 Å². The fraction of sp³-hybridized carbons (Fsp3) is 0.292. The Morgan fingerprint density at radius 2 is 1.78 bits per heavy atom. The molecule has 8 heteroatoms. The lowest BCUT2D eigenvalue weighted by Gasteiger charge is -2.27. The molecule has 0 bridgehead atoms. The monoisotopic (exact) mass is 431 g/mol. The van der Waals surface area contributed by atoms with Gasteiger partial charge in [0.15, 0.2) is 0 Å². The molecule has 0 saturated carbocycles. The Balaban J connectivity index is 1.38. The molecule has 0 radical (unpaired) electrons. The van der Waals surface area contributed by atoms with Crippen LogP contribution in [0, 0.1) is 5.82 Å². The van der Waals surface area contributed by atoms with Crippen LogP contribution in [0.5, 0.6) is 0 Å². The molecule has 4 heterocycles. The summed E-state index contributed by atoms with van der Waals surface area (Å²) in [5.41, 5.74) is 4.70. The average molecular weight is 431 g/mol. The zero-order valence-corrected chi connectivity index (χ0v) is 17.4. The van der Waals surface area contributed by atoms with Gasteiger partial charge in [-0.05, 0) is 35.4 Å².